The SMILES string of the molecule is CC(C)C(=O)N1C[C@@H]2C[C@H]1CN2c1ccc(S(=O)(=O)CCNC(=O)O)cc1. The van der Waals surface area contributed by atoms with Crippen molar-refractivity contribution in [3.63, 3.8) is 0 Å². The van der Waals surface area contributed by atoms with Gasteiger partial charge in [-0.05, 0) is 30.7 Å². The molecule has 9 heteroatoms. The number of hydrogen-bond donors (Lipinski definition) is 2. The van der Waals surface area contributed by atoms with Crippen LogP contribution in [0.3, 0.4) is 0 Å². The van der Waals surface area contributed by atoms with Gasteiger partial charge in [0.1, 0.15) is 0 Å². The Morgan fingerprint density at radius 1 is 1.19 bits per heavy atom. The second-order valence-electron chi connectivity index (χ2n) is 7.39. The molecule has 1 aromatic carbocycles. The van der Waals surface area contributed by atoms with E-state index in [4.69, 9.17) is 5.11 Å². The molecule has 0 unspecified atom stereocenters. The van der Waals surface area contributed by atoms with Crippen LogP contribution in [0.15, 0.2) is 29.2 Å². The minimum Gasteiger partial charge on any atom is -0.465 e. The van der Waals surface area contributed by atoms with E-state index in [1.54, 1.807) is 24.3 Å². The molecule has 2 heterocycles. The first-order chi connectivity index (χ1) is 12.7. The molecule has 2 fully saturated rings. The van der Waals surface area contributed by atoms with Gasteiger partial charge in [0.15, 0.2) is 9.84 Å². The van der Waals surface area contributed by atoms with Gasteiger partial charge in [-0.1, -0.05) is 13.8 Å². The van der Waals surface area contributed by atoms with Gasteiger partial charge in [0.25, 0.3) is 0 Å². The quantitative estimate of drug-likeness (QED) is 0.749. The molecule has 2 atom stereocenters. The minimum atomic E-state index is -3.53. The number of nitrogens with one attached hydrogen (secondary N) is 1. The highest BCUT2D eigenvalue weighted by atomic mass is 32.2. The second kappa shape index (κ2) is 7.38. The molecule has 0 aromatic heterocycles. The summed E-state index contributed by atoms with van der Waals surface area (Å²) < 4.78 is 24.5. The zero-order valence-corrected chi connectivity index (χ0v) is 16.3. The first kappa shape index (κ1) is 19.5. The van der Waals surface area contributed by atoms with Gasteiger partial charge in [-0.25, -0.2) is 13.2 Å². The van der Waals surface area contributed by atoms with Gasteiger partial charge in [-0.3, -0.25) is 4.79 Å². The van der Waals surface area contributed by atoms with E-state index >= 15 is 0 Å². The minimum absolute atomic E-state index is 0.00194. The topological polar surface area (TPSA) is 107 Å². The molecule has 2 amide bonds. The van der Waals surface area contributed by atoms with Gasteiger partial charge < -0.3 is 20.2 Å². The average molecular weight is 395 g/mol. The Morgan fingerprint density at radius 3 is 2.37 bits per heavy atom. The Hall–Kier alpha value is -2.29. The number of benzene rings is 1. The number of carbonyl (C=O) groups excluding carboxylic acids is 1. The van der Waals surface area contributed by atoms with E-state index in [9.17, 15) is 18.0 Å². The summed E-state index contributed by atoms with van der Waals surface area (Å²) in [5.41, 5.74) is 0.946. The van der Waals surface area contributed by atoms with Crippen molar-refractivity contribution in [3.8, 4) is 0 Å². The number of rotatable bonds is 6. The van der Waals surface area contributed by atoms with Crippen molar-refractivity contribution in [2.24, 2.45) is 5.92 Å². The number of anilines is 1. The van der Waals surface area contributed by atoms with E-state index in [0.29, 0.717) is 6.54 Å². The van der Waals surface area contributed by atoms with Gasteiger partial charge in [0.05, 0.1) is 16.7 Å². The lowest BCUT2D eigenvalue weighted by Crippen LogP contribution is -2.50. The highest BCUT2D eigenvalue weighted by Gasteiger charge is 2.45. The normalized spacial score (nSPS) is 21.7. The van der Waals surface area contributed by atoms with Crippen LogP contribution in [0, 0.1) is 5.92 Å². The Kier molecular flexibility index (Phi) is 5.32. The maximum atomic E-state index is 12.3. The maximum Gasteiger partial charge on any atom is 0.404 e. The molecule has 2 aliphatic heterocycles. The van der Waals surface area contributed by atoms with Crippen LogP contribution in [0.5, 0.6) is 0 Å². The third kappa shape index (κ3) is 4.02. The molecule has 1 aromatic rings. The number of likely N-dealkylation sites (tertiary alicyclic amines) is 1. The number of carbonyl (C=O) groups is 2. The van der Waals surface area contributed by atoms with E-state index in [0.717, 1.165) is 18.7 Å². The third-order valence-corrected chi connectivity index (χ3v) is 6.92. The summed E-state index contributed by atoms with van der Waals surface area (Å²) in [6.45, 7) is 5.16. The van der Waals surface area contributed by atoms with Gasteiger partial charge in [0, 0.05) is 37.3 Å². The van der Waals surface area contributed by atoms with Crippen LogP contribution in [-0.2, 0) is 14.6 Å². The van der Waals surface area contributed by atoms with Gasteiger partial charge in [-0.15, -0.1) is 0 Å². The smallest absolute Gasteiger partial charge is 0.404 e. The van der Waals surface area contributed by atoms with Gasteiger partial charge in [0.2, 0.25) is 5.91 Å². The van der Waals surface area contributed by atoms with E-state index in [2.05, 4.69) is 10.2 Å². The molecular formula is C18H25N3O5S. The average Bonchev–Trinajstić information content (AvgIpc) is 3.21. The fourth-order valence-electron chi connectivity index (χ4n) is 3.84. The first-order valence-electron chi connectivity index (χ1n) is 9.06. The van der Waals surface area contributed by atoms with Crippen LogP contribution in [-0.4, -0.2) is 67.9 Å². The van der Waals surface area contributed by atoms with Crippen LogP contribution >= 0.6 is 0 Å². The molecular weight excluding hydrogens is 370 g/mol. The molecule has 0 spiro atoms. The standard InChI is InChI=1S/C18H25N3O5S/c1-12(2)17(22)21-11-14-9-15(21)10-20(14)13-3-5-16(6-4-13)27(25,26)8-7-19-18(23)24/h3-6,12,14-15,19H,7-11H2,1-2H3,(H,23,24)/t14-,15-/m0/s1. The molecule has 2 aliphatic rings. The van der Waals surface area contributed by atoms with Gasteiger partial charge >= 0.3 is 6.09 Å². The zero-order valence-electron chi connectivity index (χ0n) is 15.5. The van der Waals surface area contributed by atoms with Crippen LogP contribution in [0.4, 0.5) is 10.5 Å². The Morgan fingerprint density at radius 2 is 1.85 bits per heavy atom. The lowest BCUT2D eigenvalue weighted by atomic mass is 10.1. The number of fused-ring (bicyclic) bond motifs is 2. The van der Waals surface area contributed by atoms with E-state index in [-0.39, 0.29) is 41.1 Å². The van der Waals surface area contributed by atoms with Crippen LogP contribution in [0.2, 0.25) is 0 Å². The summed E-state index contributed by atoms with van der Waals surface area (Å²) in [6, 6.07) is 7.18. The zero-order chi connectivity index (χ0) is 19.8. The van der Waals surface area contributed by atoms with Gasteiger partial charge in [-0.2, -0.15) is 0 Å². The summed E-state index contributed by atoms with van der Waals surface area (Å²) in [5, 5.41) is 10.6. The number of sulfone groups is 1. The molecule has 27 heavy (non-hydrogen) atoms. The summed E-state index contributed by atoms with van der Waals surface area (Å²) in [7, 11) is -3.53. The molecule has 0 aliphatic carbocycles. The summed E-state index contributed by atoms with van der Waals surface area (Å²) in [4.78, 5) is 27.1. The molecule has 8 nitrogen and oxygen atoms in total. The Balaban J connectivity index is 1.64. The van der Waals surface area contributed by atoms with Crippen molar-refractivity contribution in [3.05, 3.63) is 24.3 Å². The monoisotopic (exact) mass is 395 g/mol. The first-order valence-corrected chi connectivity index (χ1v) is 10.7. The Labute approximate surface area is 159 Å². The molecule has 3 rings (SSSR count). The summed E-state index contributed by atoms with van der Waals surface area (Å²) in [5.74, 6) is -0.0873. The third-order valence-electron chi connectivity index (χ3n) is 5.19. The largest absolute Gasteiger partial charge is 0.465 e. The van der Waals surface area contributed by atoms with Crippen LogP contribution in [0.25, 0.3) is 0 Å². The van der Waals surface area contributed by atoms with Crippen molar-refractivity contribution in [2.75, 3.05) is 30.3 Å². The predicted octanol–water partition coefficient (Wildman–Crippen LogP) is 1.17. The lowest BCUT2D eigenvalue weighted by Gasteiger charge is -2.36. The summed E-state index contributed by atoms with van der Waals surface area (Å²) >= 11 is 0. The lowest BCUT2D eigenvalue weighted by molar-refractivity contribution is -0.135. The molecule has 2 bridgehead atoms. The Bertz CT molecular complexity index is 822. The van der Waals surface area contributed by atoms with Crippen LogP contribution < -0.4 is 10.2 Å². The molecule has 0 radical (unpaired) electrons. The molecule has 148 valence electrons. The van der Waals surface area contributed by atoms with Crippen molar-refractivity contribution in [2.45, 2.75) is 37.2 Å². The fraction of sp³-hybridized carbons (Fsp3) is 0.556. The molecule has 0 saturated carbocycles. The molecule has 2 saturated heterocycles. The van der Waals surface area contributed by atoms with Crippen molar-refractivity contribution >= 4 is 27.5 Å². The van der Waals surface area contributed by atoms with Crippen molar-refractivity contribution in [1.29, 1.82) is 0 Å². The molecule has 2 N–H and O–H groups in total. The predicted molar refractivity (Wildman–Crippen MR) is 101 cm³/mol. The van der Waals surface area contributed by atoms with Crippen molar-refractivity contribution in [1.82, 2.24) is 10.2 Å². The van der Waals surface area contributed by atoms with Crippen molar-refractivity contribution < 1.29 is 23.1 Å². The van der Waals surface area contributed by atoms with E-state index in [1.807, 2.05) is 18.7 Å². The van der Waals surface area contributed by atoms with E-state index in [1.165, 1.54) is 0 Å². The fourth-order valence-corrected chi connectivity index (χ4v) is 5.00. The second-order valence-corrected chi connectivity index (χ2v) is 9.49. The van der Waals surface area contributed by atoms with Crippen LogP contribution in [0.1, 0.15) is 20.3 Å². The highest BCUT2D eigenvalue weighted by molar-refractivity contribution is 7.91. The number of carboxylic acid groups (broad SMARTS) is 1. The summed E-state index contributed by atoms with van der Waals surface area (Å²) in [6.07, 6.45) is -0.297. The number of amides is 2. The maximum absolute atomic E-state index is 12.3. The number of hydrogen-bond acceptors (Lipinski definition) is 5. The van der Waals surface area contributed by atoms with E-state index < -0.39 is 15.9 Å². The number of nitrogens with zero attached hydrogens (tertiary/aromatic N) is 2. The highest BCUT2D eigenvalue weighted by Crippen LogP contribution is 2.35. The number of piperazine rings is 1.